The Balaban J connectivity index is 6.26. The van der Waals surface area contributed by atoms with Gasteiger partial charge in [-0.1, -0.05) is 34.6 Å². The van der Waals surface area contributed by atoms with Crippen molar-refractivity contribution < 1.29 is 66.6 Å². The lowest BCUT2D eigenvalue weighted by Gasteiger charge is -2.42. The van der Waals surface area contributed by atoms with Crippen molar-refractivity contribution in [3.63, 3.8) is 0 Å². The number of hydrogen-bond acceptors (Lipinski definition) is 2. The van der Waals surface area contributed by atoms with E-state index in [9.17, 15) is 62.2 Å². The molecular weight excluding hydrogens is 535 g/mol. The predicted octanol–water partition coefficient (Wildman–Crippen LogP) is 7.92. The molecule has 0 aromatic carbocycles. The van der Waals surface area contributed by atoms with Gasteiger partial charge in [-0.15, -0.1) is 0 Å². The first kappa shape index (κ1) is 34.2. The molecule has 0 unspecified atom stereocenters. The van der Waals surface area contributed by atoms with E-state index in [1.54, 1.807) is 6.92 Å². The summed E-state index contributed by atoms with van der Waals surface area (Å²) in [5.74, 6) is -37.3. The quantitative estimate of drug-likeness (QED) is 0.172. The average molecular weight is 564 g/mol. The summed E-state index contributed by atoms with van der Waals surface area (Å²) in [6, 6.07) is -1.04. The highest BCUT2D eigenvalue weighted by Crippen LogP contribution is 2.61. The van der Waals surface area contributed by atoms with Crippen molar-refractivity contribution in [3.05, 3.63) is 0 Å². The van der Waals surface area contributed by atoms with Crippen molar-refractivity contribution >= 4 is 8.32 Å². The molecule has 0 aromatic rings. The van der Waals surface area contributed by atoms with Crippen LogP contribution >= 0.6 is 0 Å². The Hall–Kier alpha value is -0.773. The van der Waals surface area contributed by atoms with Crippen molar-refractivity contribution in [2.75, 3.05) is 13.2 Å². The van der Waals surface area contributed by atoms with Crippen LogP contribution in [0.4, 0.5) is 57.1 Å². The van der Waals surface area contributed by atoms with Crippen molar-refractivity contribution in [2.45, 2.75) is 100 Å². The highest BCUT2D eigenvalue weighted by atomic mass is 28.4. The van der Waals surface area contributed by atoms with Crippen LogP contribution in [0, 0.1) is 5.92 Å². The Kier molecular flexibility index (Phi) is 10.7. The zero-order valence-electron chi connectivity index (χ0n) is 19.5. The van der Waals surface area contributed by atoms with Crippen molar-refractivity contribution in [1.82, 2.24) is 0 Å². The minimum absolute atomic E-state index is 0.219. The molecule has 0 aliphatic carbocycles. The second kappa shape index (κ2) is 10.9. The summed E-state index contributed by atoms with van der Waals surface area (Å²) in [5, 5.41) is 9.28. The minimum atomic E-state index is -7.90. The molecule has 2 nitrogen and oxygen atoms in total. The molecule has 0 amide bonds. The predicted molar refractivity (Wildman–Crippen MR) is 103 cm³/mol. The van der Waals surface area contributed by atoms with Crippen molar-refractivity contribution in [1.29, 1.82) is 0 Å². The third kappa shape index (κ3) is 6.04. The first-order valence-corrected chi connectivity index (χ1v) is 12.8. The fourth-order valence-electron chi connectivity index (χ4n) is 3.53. The lowest BCUT2D eigenvalue weighted by Crippen LogP contribution is -2.70. The van der Waals surface area contributed by atoms with Crippen LogP contribution in [-0.2, 0) is 4.43 Å². The number of rotatable bonds is 14. The number of hydrogen-bond donors (Lipinski definition) is 1. The van der Waals surface area contributed by atoms with Gasteiger partial charge in [0.15, 0.2) is 8.32 Å². The van der Waals surface area contributed by atoms with Gasteiger partial charge in [-0.2, -0.15) is 57.1 Å². The molecule has 0 aliphatic heterocycles. The first-order chi connectivity index (χ1) is 15.3. The lowest BCUT2D eigenvalue weighted by molar-refractivity contribution is -0.440. The van der Waals surface area contributed by atoms with Crippen LogP contribution in [0.25, 0.3) is 0 Å². The standard InChI is InChI=1S/C19H29F13O2Si/c1-6-13(9-33)10-34-35(11(2)3,12(4)5)8-7-14(20,21)15(22,23)16(24,25)17(26,27)18(28,29)19(30,31)32/h11-13,33H,6-10H2,1-5H3/t13-/m0/s1. The van der Waals surface area contributed by atoms with E-state index in [1.807, 2.05) is 0 Å². The molecule has 0 spiro atoms. The number of alkyl halides is 13. The smallest absolute Gasteiger partial charge is 0.416 e. The van der Waals surface area contributed by atoms with Crippen LogP contribution in [0.1, 0.15) is 47.5 Å². The molecule has 212 valence electrons. The van der Waals surface area contributed by atoms with Crippen LogP contribution in [0.5, 0.6) is 0 Å². The molecule has 1 N–H and O–H groups in total. The summed E-state index contributed by atoms with van der Waals surface area (Å²) in [7, 11) is -3.59. The van der Waals surface area contributed by atoms with E-state index in [0.29, 0.717) is 6.42 Å². The zero-order valence-corrected chi connectivity index (χ0v) is 20.5. The molecule has 0 saturated heterocycles. The summed E-state index contributed by atoms with van der Waals surface area (Å²) in [5.41, 5.74) is -1.25. The Morgan fingerprint density at radius 3 is 1.40 bits per heavy atom. The van der Waals surface area contributed by atoms with E-state index in [0.717, 1.165) is 0 Å². The topological polar surface area (TPSA) is 29.5 Å². The van der Waals surface area contributed by atoms with E-state index in [4.69, 9.17) is 4.43 Å². The maximum Gasteiger partial charge on any atom is 0.460 e. The van der Waals surface area contributed by atoms with Crippen molar-refractivity contribution in [3.8, 4) is 0 Å². The van der Waals surface area contributed by atoms with Crippen LogP contribution in [-0.4, -0.2) is 62.4 Å². The summed E-state index contributed by atoms with van der Waals surface area (Å²) in [6.07, 6.45) is -9.32. The second-order valence-electron chi connectivity index (χ2n) is 9.03. The molecule has 0 bridgehead atoms. The number of aliphatic hydroxyl groups excluding tert-OH is 1. The van der Waals surface area contributed by atoms with Gasteiger partial charge < -0.3 is 9.53 Å². The van der Waals surface area contributed by atoms with Gasteiger partial charge in [0, 0.05) is 25.6 Å². The summed E-state index contributed by atoms with van der Waals surface area (Å²) >= 11 is 0. The maximum absolute atomic E-state index is 14.3. The van der Waals surface area contributed by atoms with Crippen LogP contribution < -0.4 is 0 Å². The molecule has 1 atom stereocenters. The number of aliphatic hydroxyl groups is 1. The Morgan fingerprint density at radius 1 is 0.686 bits per heavy atom. The normalized spacial score (nSPS) is 16.4. The van der Waals surface area contributed by atoms with Crippen molar-refractivity contribution in [2.24, 2.45) is 5.92 Å². The van der Waals surface area contributed by atoms with Gasteiger partial charge in [-0.25, -0.2) is 0 Å². The highest BCUT2D eigenvalue weighted by molar-refractivity contribution is 6.76. The Labute approximate surface area is 195 Å². The van der Waals surface area contributed by atoms with Gasteiger partial charge in [0.2, 0.25) is 0 Å². The van der Waals surface area contributed by atoms with Gasteiger partial charge in [0.05, 0.1) is 0 Å². The summed E-state index contributed by atoms with van der Waals surface area (Å²) in [4.78, 5) is 0. The molecule has 0 aliphatic rings. The second-order valence-corrected chi connectivity index (χ2v) is 14.0. The molecule has 0 aromatic heterocycles. The third-order valence-electron chi connectivity index (χ3n) is 6.21. The van der Waals surface area contributed by atoms with Crippen LogP contribution in [0.3, 0.4) is 0 Å². The van der Waals surface area contributed by atoms with Gasteiger partial charge in [0.25, 0.3) is 0 Å². The van der Waals surface area contributed by atoms with E-state index in [1.165, 1.54) is 27.7 Å². The molecule has 0 heterocycles. The van der Waals surface area contributed by atoms with E-state index >= 15 is 0 Å². The molecule has 35 heavy (non-hydrogen) atoms. The monoisotopic (exact) mass is 564 g/mol. The Bertz CT molecular complexity index is 666. The van der Waals surface area contributed by atoms with E-state index in [-0.39, 0.29) is 13.2 Å². The highest BCUT2D eigenvalue weighted by Gasteiger charge is 2.90. The third-order valence-corrected chi connectivity index (χ3v) is 11.9. The fourth-order valence-corrected chi connectivity index (χ4v) is 8.08. The van der Waals surface area contributed by atoms with Crippen LogP contribution in [0.15, 0.2) is 0 Å². The maximum atomic E-state index is 14.3. The van der Waals surface area contributed by atoms with Gasteiger partial charge in [-0.05, 0) is 23.5 Å². The average Bonchev–Trinajstić information content (AvgIpc) is 2.68. The van der Waals surface area contributed by atoms with E-state index in [2.05, 4.69) is 0 Å². The molecule has 0 radical (unpaired) electrons. The van der Waals surface area contributed by atoms with Gasteiger partial charge in [-0.3, -0.25) is 0 Å². The Morgan fingerprint density at radius 2 is 1.09 bits per heavy atom. The lowest BCUT2D eigenvalue weighted by atomic mass is 9.93. The zero-order chi connectivity index (χ0) is 28.5. The van der Waals surface area contributed by atoms with Crippen LogP contribution in [0.2, 0.25) is 17.1 Å². The first-order valence-electron chi connectivity index (χ1n) is 10.5. The SMILES string of the molecule is CC[C@@H](CO)CO[Si](CCC(F)(F)C(F)(F)C(F)(F)C(F)(F)C(F)(F)C(F)(F)F)(C(C)C)C(C)C. The molecular formula is C19H29F13O2Si. The van der Waals surface area contributed by atoms with Gasteiger partial charge >= 0.3 is 35.8 Å². The molecule has 0 fully saturated rings. The number of halogens is 13. The summed E-state index contributed by atoms with van der Waals surface area (Å²) < 4.78 is 180. The molecule has 0 rings (SSSR count). The summed E-state index contributed by atoms with van der Waals surface area (Å²) in [6.45, 7) is 6.85. The fraction of sp³-hybridized carbons (Fsp3) is 1.00. The van der Waals surface area contributed by atoms with E-state index < -0.39 is 73.6 Å². The largest absolute Gasteiger partial charge is 0.460 e. The minimum Gasteiger partial charge on any atom is -0.416 e. The molecule has 16 heteroatoms. The van der Waals surface area contributed by atoms with Gasteiger partial charge in [0.1, 0.15) is 0 Å². The molecule has 0 saturated carbocycles.